The summed E-state index contributed by atoms with van der Waals surface area (Å²) in [5.41, 5.74) is 19.1. The molecular weight excluding hydrogens is 508 g/mol. The first kappa shape index (κ1) is 29.3. The van der Waals surface area contributed by atoms with E-state index in [0.717, 1.165) is 12.1 Å². The van der Waals surface area contributed by atoms with Gasteiger partial charge >= 0.3 is 5.97 Å². The van der Waals surface area contributed by atoms with Gasteiger partial charge in [0.05, 0.1) is 15.4 Å². The van der Waals surface area contributed by atoms with Crippen LogP contribution in [0.3, 0.4) is 0 Å². The SMILES string of the molecule is Nc1cccc(N)c1.Nc1cccc(NC(=O)c2ccc([N+](=O)[O-])cc2)c1.O=C(O)c1ccc([N+](=O)[O-])cc1. The van der Waals surface area contributed by atoms with E-state index in [9.17, 15) is 29.8 Å². The molecule has 0 saturated heterocycles. The Morgan fingerprint density at radius 2 is 1.05 bits per heavy atom. The Kier molecular flexibility index (Phi) is 10.5. The first-order valence-corrected chi connectivity index (χ1v) is 11.0. The number of carbonyl (C=O) groups is 2. The van der Waals surface area contributed by atoms with Crippen molar-refractivity contribution < 1.29 is 24.5 Å². The van der Waals surface area contributed by atoms with Gasteiger partial charge in [0, 0.05) is 52.6 Å². The maximum absolute atomic E-state index is 11.9. The molecule has 0 aromatic heterocycles. The third-order valence-corrected chi connectivity index (χ3v) is 4.72. The zero-order valence-corrected chi connectivity index (χ0v) is 20.3. The van der Waals surface area contributed by atoms with Crippen LogP contribution in [0.2, 0.25) is 0 Å². The summed E-state index contributed by atoms with van der Waals surface area (Å²) < 4.78 is 0. The van der Waals surface area contributed by atoms with E-state index < -0.39 is 15.8 Å². The lowest BCUT2D eigenvalue weighted by molar-refractivity contribution is -0.385. The molecule has 0 aliphatic heterocycles. The molecule has 0 spiro atoms. The number of nitro groups is 2. The van der Waals surface area contributed by atoms with Crippen molar-refractivity contribution >= 4 is 46.0 Å². The van der Waals surface area contributed by atoms with Gasteiger partial charge in [0.1, 0.15) is 0 Å². The molecule has 0 bridgehead atoms. The highest BCUT2D eigenvalue weighted by Gasteiger charge is 2.10. The van der Waals surface area contributed by atoms with Gasteiger partial charge in [-0.2, -0.15) is 0 Å². The topological polar surface area (TPSA) is 231 Å². The number of nitrogens with zero attached hydrogens (tertiary/aromatic N) is 2. The summed E-state index contributed by atoms with van der Waals surface area (Å²) in [7, 11) is 0. The van der Waals surface area contributed by atoms with Crippen LogP contribution >= 0.6 is 0 Å². The number of hydrogen-bond acceptors (Lipinski definition) is 9. The maximum Gasteiger partial charge on any atom is 0.335 e. The fraction of sp³-hybridized carbons (Fsp3) is 0. The summed E-state index contributed by atoms with van der Waals surface area (Å²) >= 11 is 0. The van der Waals surface area contributed by atoms with Crippen LogP contribution in [-0.2, 0) is 0 Å². The van der Waals surface area contributed by atoms with Gasteiger partial charge in [0.25, 0.3) is 17.3 Å². The molecule has 0 saturated carbocycles. The molecule has 0 radical (unpaired) electrons. The predicted molar refractivity (Wildman–Crippen MR) is 147 cm³/mol. The predicted octanol–water partition coefficient (Wildman–Crippen LogP) is 4.57. The number of carboxylic acids is 1. The molecular formula is C26H24N6O7. The number of benzene rings is 4. The Bertz CT molecular complexity index is 1410. The second-order valence-electron chi connectivity index (χ2n) is 7.66. The number of nitrogens with one attached hydrogen (secondary N) is 1. The number of carbonyl (C=O) groups excluding carboxylic acids is 1. The zero-order valence-electron chi connectivity index (χ0n) is 20.3. The standard InChI is InChI=1S/C13H11N3O3.C7H5NO4.C6H8N2/c14-10-2-1-3-11(8-10)15-13(17)9-4-6-12(7-5-9)16(18)19;9-7(10)5-1-3-6(4-2-5)8(11)12;7-5-2-1-3-6(8)4-5/h1-8H,14H2,(H,15,17);1-4H,(H,9,10);1-4H,7-8H2. The van der Waals surface area contributed by atoms with Crippen molar-refractivity contribution in [1.29, 1.82) is 0 Å². The molecule has 0 fully saturated rings. The lowest BCUT2D eigenvalue weighted by Crippen LogP contribution is -2.11. The number of carboxylic acid groups (broad SMARTS) is 1. The monoisotopic (exact) mass is 532 g/mol. The third-order valence-electron chi connectivity index (χ3n) is 4.72. The highest BCUT2D eigenvalue weighted by atomic mass is 16.6. The largest absolute Gasteiger partial charge is 0.478 e. The van der Waals surface area contributed by atoms with Crippen LogP contribution in [0, 0.1) is 20.2 Å². The van der Waals surface area contributed by atoms with Crippen LogP contribution in [0.5, 0.6) is 0 Å². The summed E-state index contributed by atoms with van der Waals surface area (Å²) in [5.74, 6) is -1.44. The van der Waals surface area contributed by atoms with Crippen molar-refractivity contribution in [1.82, 2.24) is 0 Å². The highest BCUT2D eigenvalue weighted by molar-refractivity contribution is 6.04. The molecule has 200 valence electrons. The molecule has 0 aliphatic carbocycles. The van der Waals surface area contributed by atoms with Crippen LogP contribution in [0.25, 0.3) is 0 Å². The lowest BCUT2D eigenvalue weighted by Gasteiger charge is -2.05. The van der Waals surface area contributed by atoms with Gasteiger partial charge in [-0.25, -0.2) is 4.79 Å². The molecule has 0 unspecified atom stereocenters. The zero-order chi connectivity index (χ0) is 28.9. The number of anilines is 4. The summed E-state index contributed by atoms with van der Waals surface area (Å²) in [6, 6.07) is 24.0. The van der Waals surface area contributed by atoms with Crippen molar-refractivity contribution in [2.75, 3.05) is 22.5 Å². The summed E-state index contributed by atoms with van der Waals surface area (Å²) in [6.45, 7) is 0. The van der Waals surface area contributed by atoms with Crippen molar-refractivity contribution in [3.05, 3.63) is 128 Å². The molecule has 0 heterocycles. The number of nitrogen functional groups attached to an aromatic ring is 3. The quantitative estimate of drug-likeness (QED) is 0.136. The molecule has 0 atom stereocenters. The van der Waals surface area contributed by atoms with Crippen molar-refractivity contribution in [2.24, 2.45) is 0 Å². The molecule has 13 nitrogen and oxygen atoms in total. The van der Waals surface area contributed by atoms with Gasteiger partial charge in [-0.1, -0.05) is 12.1 Å². The second kappa shape index (κ2) is 13.9. The van der Waals surface area contributed by atoms with E-state index >= 15 is 0 Å². The Morgan fingerprint density at radius 1 is 0.641 bits per heavy atom. The molecule has 4 aromatic rings. The number of nitrogens with two attached hydrogens (primary N) is 3. The number of rotatable bonds is 5. The van der Waals surface area contributed by atoms with Crippen molar-refractivity contribution in [3.63, 3.8) is 0 Å². The van der Waals surface area contributed by atoms with Crippen LogP contribution < -0.4 is 22.5 Å². The minimum Gasteiger partial charge on any atom is -0.478 e. The Labute approximate surface area is 221 Å². The Balaban J connectivity index is 0.000000227. The first-order valence-electron chi connectivity index (χ1n) is 11.0. The van der Waals surface area contributed by atoms with Gasteiger partial charge in [-0.15, -0.1) is 0 Å². The number of hydrogen-bond donors (Lipinski definition) is 5. The van der Waals surface area contributed by atoms with Crippen LogP contribution in [-0.4, -0.2) is 26.8 Å². The normalized spacial score (nSPS) is 9.54. The molecule has 8 N–H and O–H groups in total. The average Bonchev–Trinajstić information content (AvgIpc) is 2.89. The van der Waals surface area contributed by atoms with E-state index in [1.807, 2.05) is 6.07 Å². The number of amides is 1. The van der Waals surface area contributed by atoms with Gasteiger partial charge in [0.2, 0.25) is 0 Å². The van der Waals surface area contributed by atoms with Crippen LogP contribution in [0.4, 0.5) is 34.1 Å². The summed E-state index contributed by atoms with van der Waals surface area (Å²) in [6.07, 6.45) is 0. The molecule has 4 aromatic carbocycles. The van der Waals surface area contributed by atoms with Gasteiger partial charge in [-0.05, 0) is 60.7 Å². The molecule has 0 aliphatic rings. The molecule has 39 heavy (non-hydrogen) atoms. The fourth-order valence-electron chi connectivity index (χ4n) is 2.84. The number of non-ortho nitro benzene ring substituents is 2. The van der Waals surface area contributed by atoms with E-state index in [2.05, 4.69) is 5.32 Å². The van der Waals surface area contributed by atoms with E-state index in [1.165, 1.54) is 36.4 Å². The number of aromatic carboxylic acids is 1. The van der Waals surface area contributed by atoms with E-state index in [4.69, 9.17) is 22.3 Å². The highest BCUT2D eigenvalue weighted by Crippen LogP contribution is 2.16. The Morgan fingerprint density at radius 3 is 1.41 bits per heavy atom. The minimum absolute atomic E-state index is 0.0422. The van der Waals surface area contributed by atoms with Gasteiger partial charge in [-0.3, -0.25) is 25.0 Å². The van der Waals surface area contributed by atoms with E-state index in [0.29, 0.717) is 28.3 Å². The third kappa shape index (κ3) is 9.89. The van der Waals surface area contributed by atoms with E-state index in [1.54, 1.807) is 42.5 Å². The van der Waals surface area contributed by atoms with Crippen molar-refractivity contribution in [3.8, 4) is 0 Å². The average molecular weight is 533 g/mol. The maximum atomic E-state index is 11.9. The molecule has 4 rings (SSSR count). The Hall–Kier alpha value is -5.98. The van der Waals surface area contributed by atoms with Crippen LogP contribution in [0.15, 0.2) is 97.1 Å². The fourth-order valence-corrected chi connectivity index (χ4v) is 2.84. The van der Waals surface area contributed by atoms with E-state index in [-0.39, 0.29) is 22.8 Å². The smallest absolute Gasteiger partial charge is 0.335 e. The summed E-state index contributed by atoms with van der Waals surface area (Å²) in [5, 5.41) is 31.7. The summed E-state index contributed by atoms with van der Waals surface area (Å²) in [4.78, 5) is 41.7. The molecule has 13 heteroatoms. The van der Waals surface area contributed by atoms with Gasteiger partial charge < -0.3 is 27.6 Å². The lowest BCUT2D eigenvalue weighted by atomic mass is 10.2. The van der Waals surface area contributed by atoms with Crippen LogP contribution in [0.1, 0.15) is 20.7 Å². The van der Waals surface area contributed by atoms with Crippen molar-refractivity contribution in [2.45, 2.75) is 0 Å². The van der Waals surface area contributed by atoms with Gasteiger partial charge in [0.15, 0.2) is 0 Å². The second-order valence-corrected chi connectivity index (χ2v) is 7.66. The molecule has 1 amide bonds. The number of nitro benzene ring substituents is 2. The first-order chi connectivity index (χ1) is 18.5. The minimum atomic E-state index is -1.09.